The van der Waals surface area contributed by atoms with Gasteiger partial charge in [-0.25, -0.2) is 4.79 Å². The van der Waals surface area contributed by atoms with Crippen LogP contribution in [0.4, 0.5) is 0 Å². The molecule has 0 radical (unpaired) electrons. The second-order valence-electron chi connectivity index (χ2n) is 10.3. The lowest BCUT2D eigenvalue weighted by Gasteiger charge is -2.30. The highest BCUT2D eigenvalue weighted by molar-refractivity contribution is 6.09. The van der Waals surface area contributed by atoms with Gasteiger partial charge in [0, 0.05) is 16.5 Å². The molecule has 1 aliphatic carbocycles. The Bertz CT molecular complexity index is 1570. The zero-order valence-corrected chi connectivity index (χ0v) is 21.5. The molecule has 5 rings (SSSR count). The van der Waals surface area contributed by atoms with Gasteiger partial charge in [0.05, 0.1) is 17.6 Å². The standard InChI is InChI=1S/C33H30N2O2/c1-4-37-32(36)29(22-34)25-19-24(20-33(2,3)21-25)14-13-23-15-17-26(18-16-23)35-30-11-7-5-9-27(30)28-10-6-8-12-31(28)35/h5-19H,4,20-21H2,1-3H3/b14-13+,29-25-. The maximum atomic E-state index is 12.3. The summed E-state index contributed by atoms with van der Waals surface area (Å²) in [4.78, 5) is 12.3. The van der Waals surface area contributed by atoms with E-state index in [1.165, 1.54) is 21.8 Å². The number of carbonyl (C=O) groups excluding carboxylic acids is 1. The number of fused-ring (bicyclic) bond motifs is 3. The number of nitrogens with zero attached hydrogens (tertiary/aromatic N) is 2. The molecule has 3 aromatic carbocycles. The topological polar surface area (TPSA) is 55.0 Å². The molecule has 4 nitrogen and oxygen atoms in total. The number of rotatable bonds is 5. The van der Waals surface area contributed by atoms with E-state index in [9.17, 15) is 10.1 Å². The zero-order valence-electron chi connectivity index (χ0n) is 21.5. The van der Waals surface area contributed by atoms with E-state index in [0.29, 0.717) is 6.42 Å². The molecule has 0 N–H and O–H groups in total. The third kappa shape index (κ3) is 4.86. The summed E-state index contributed by atoms with van der Waals surface area (Å²) in [6.07, 6.45) is 7.70. The van der Waals surface area contributed by atoms with E-state index >= 15 is 0 Å². The van der Waals surface area contributed by atoms with E-state index in [-0.39, 0.29) is 17.6 Å². The first-order valence-electron chi connectivity index (χ1n) is 12.7. The molecule has 0 unspecified atom stereocenters. The van der Waals surface area contributed by atoms with Crippen LogP contribution in [0.15, 0.2) is 102 Å². The largest absolute Gasteiger partial charge is 0.462 e. The number of carbonyl (C=O) groups is 1. The monoisotopic (exact) mass is 486 g/mol. The van der Waals surface area contributed by atoms with Crippen LogP contribution in [0.1, 0.15) is 39.2 Å². The third-order valence-electron chi connectivity index (χ3n) is 6.85. The molecule has 0 aliphatic heterocycles. The molecule has 37 heavy (non-hydrogen) atoms. The van der Waals surface area contributed by atoms with E-state index in [1.54, 1.807) is 6.92 Å². The summed E-state index contributed by atoms with van der Waals surface area (Å²) < 4.78 is 7.41. The van der Waals surface area contributed by atoms with Gasteiger partial charge in [-0.1, -0.05) is 80.6 Å². The van der Waals surface area contributed by atoms with Crippen molar-refractivity contribution in [1.29, 1.82) is 5.26 Å². The molecule has 0 amide bonds. The average Bonchev–Trinajstić information content (AvgIpc) is 3.22. The lowest BCUT2D eigenvalue weighted by atomic mass is 9.74. The maximum Gasteiger partial charge on any atom is 0.349 e. The van der Waals surface area contributed by atoms with Gasteiger partial charge in [0.2, 0.25) is 0 Å². The number of aromatic nitrogens is 1. The molecule has 4 heteroatoms. The van der Waals surface area contributed by atoms with Crippen LogP contribution in [0.25, 0.3) is 33.6 Å². The smallest absolute Gasteiger partial charge is 0.349 e. The van der Waals surface area contributed by atoms with E-state index < -0.39 is 5.97 Å². The van der Waals surface area contributed by atoms with Gasteiger partial charge in [0.15, 0.2) is 0 Å². The van der Waals surface area contributed by atoms with Gasteiger partial charge in [-0.05, 0) is 66.2 Å². The van der Waals surface area contributed by atoms with Crippen molar-refractivity contribution in [2.75, 3.05) is 6.61 Å². The SMILES string of the molecule is CCOC(=O)/C(C#N)=C1C=C(/C=C/c2ccc(-n3c4ccccc4c4ccccc43)cc2)CC(C)(C)C/1. The van der Waals surface area contributed by atoms with Gasteiger partial charge in [0.1, 0.15) is 11.6 Å². The minimum Gasteiger partial charge on any atom is -0.462 e. The summed E-state index contributed by atoms with van der Waals surface area (Å²) >= 11 is 0. The molecule has 0 spiro atoms. The molecule has 0 saturated heterocycles. The van der Waals surface area contributed by atoms with Crippen LogP contribution in [-0.4, -0.2) is 17.1 Å². The predicted octanol–water partition coefficient (Wildman–Crippen LogP) is 7.93. The molecule has 0 atom stereocenters. The molecule has 1 heterocycles. The number of esters is 1. The van der Waals surface area contributed by atoms with E-state index in [1.807, 2.05) is 6.08 Å². The molecular formula is C33H30N2O2. The Balaban J connectivity index is 1.47. The Kier molecular flexibility index (Phi) is 6.54. The average molecular weight is 487 g/mol. The fourth-order valence-corrected chi connectivity index (χ4v) is 5.31. The minimum atomic E-state index is -0.544. The number of allylic oxidation sites excluding steroid dienone is 4. The summed E-state index contributed by atoms with van der Waals surface area (Å²) in [7, 11) is 0. The van der Waals surface area contributed by atoms with Crippen molar-refractivity contribution in [2.24, 2.45) is 5.41 Å². The van der Waals surface area contributed by atoms with Gasteiger partial charge < -0.3 is 9.30 Å². The van der Waals surface area contributed by atoms with Crippen LogP contribution in [-0.2, 0) is 9.53 Å². The van der Waals surface area contributed by atoms with Crippen molar-refractivity contribution in [3.8, 4) is 11.8 Å². The summed E-state index contributed by atoms with van der Waals surface area (Å²) in [6.45, 7) is 6.32. The third-order valence-corrected chi connectivity index (χ3v) is 6.85. The van der Waals surface area contributed by atoms with Crippen LogP contribution in [0.5, 0.6) is 0 Å². The van der Waals surface area contributed by atoms with Crippen molar-refractivity contribution in [3.63, 3.8) is 0 Å². The second-order valence-corrected chi connectivity index (χ2v) is 10.3. The molecule has 0 bridgehead atoms. The summed E-state index contributed by atoms with van der Waals surface area (Å²) in [6, 6.07) is 27.6. The van der Waals surface area contributed by atoms with Crippen molar-refractivity contribution in [2.45, 2.75) is 33.6 Å². The Hall–Kier alpha value is -4.36. The number of benzene rings is 3. The molecule has 0 saturated carbocycles. The van der Waals surface area contributed by atoms with Crippen LogP contribution in [0.2, 0.25) is 0 Å². The van der Waals surface area contributed by atoms with Crippen LogP contribution in [0.3, 0.4) is 0 Å². The van der Waals surface area contributed by atoms with E-state index in [0.717, 1.165) is 28.8 Å². The van der Waals surface area contributed by atoms with Gasteiger partial charge >= 0.3 is 5.97 Å². The summed E-state index contributed by atoms with van der Waals surface area (Å²) in [5.74, 6) is -0.544. The van der Waals surface area contributed by atoms with Gasteiger partial charge in [0.25, 0.3) is 0 Å². The quantitative estimate of drug-likeness (QED) is 0.163. The van der Waals surface area contributed by atoms with Crippen molar-refractivity contribution >= 4 is 33.9 Å². The second kappa shape index (κ2) is 9.95. The number of hydrogen-bond donors (Lipinski definition) is 0. The fourth-order valence-electron chi connectivity index (χ4n) is 5.31. The molecule has 4 aromatic rings. The normalized spacial score (nSPS) is 16.5. The van der Waals surface area contributed by atoms with Crippen LogP contribution in [0, 0.1) is 16.7 Å². The minimum absolute atomic E-state index is 0.0568. The lowest BCUT2D eigenvalue weighted by Crippen LogP contribution is -2.19. The maximum absolute atomic E-state index is 12.3. The highest BCUT2D eigenvalue weighted by Gasteiger charge is 2.28. The lowest BCUT2D eigenvalue weighted by molar-refractivity contribution is -0.138. The van der Waals surface area contributed by atoms with E-state index in [2.05, 4.69) is 109 Å². The first kappa shape index (κ1) is 24.3. The van der Waals surface area contributed by atoms with Crippen LogP contribution < -0.4 is 0 Å². The fraction of sp³-hybridized carbons (Fsp3) is 0.212. The zero-order chi connectivity index (χ0) is 26.0. The van der Waals surface area contributed by atoms with Gasteiger partial charge in [-0.15, -0.1) is 0 Å². The molecule has 184 valence electrons. The van der Waals surface area contributed by atoms with Crippen molar-refractivity contribution < 1.29 is 9.53 Å². The van der Waals surface area contributed by atoms with Crippen molar-refractivity contribution in [3.05, 3.63) is 107 Å². The predicted molar refractivity (Wildman–Crippen MR) is 150 cm³/mol. The number of para-hydroxylation sites is 2. The summed E-state index contributed by atoms with van der Waals surface area (Å²) in [5.41, 5.74) is 6.48. The van der Waals surface area contributed by atoms with Crippen molar-refractivity contribution in [1.82, 2.24) is 4.57 Å². The highest BCUT2D eigenvalue weighted by Crippen LogP contribution is 2.40. The van der Waals surface area contributed by atoms with Crippen LogP contribution >= 0.6 is 0 Å². The van der Waals surface area contributed by atoms with E-state index in [4.69, 9.17) is 4.74 Å². The molecular weight excluding hydrogens is 456 g/mol. The Labute approximate surface area is 217 Å². The molecule has 1 aromatic heterocycles. The number of nitriles is 1. The van der Waals surface area contributed by atoms with Gasteiger partial charge in [-0.2, -0.15) is 5.26 Å². The molecule has 1 aliphatic rings. The number of ether oxygens (including phenoxy) is 1. The molecule has 0 fully saturated rings. The van der Waals surface area contributed by atoms with Gasteiger partial charge in [-0.3, -0.25) is 0 Å². The Morgan fingerprint density at radius 3 is 2.16 bits per heavy atom. The number of hydrogen-bond acceptors (Lipinski definition) is 3. The Morgan fingerprint density at radius 1 is 0.946 bits per heavy atom. The highest BCUT2D eigenvalue weighted by atomic mass is 16.5. The first-order chi connectivity index (χ1) is 17.9. The first-order valence-corrected chi connectivity index (χ1v) is 12.7. The Morgan fingerprint density at radius 2 is 1.57 bits per heavy atom. The summed E-state index contributed by atoms with van der Waals surface area (Å²) in [5, 5.41) is 12.1.